The van der Waals surface area contributed by atoms with Crippen molar-refractivity contribution in [3.63, 3.8) is 0 Å². The van der Waals surface area contributed by atoms with Gasteiger partial charge in [0.25, 0.3) is 0 Å². The number of hydrogen-bond acceptors (Lipinski definition) is 1. The summed E-state index contributed by atoms with van der Waals surface area (Å²) in [6.45, 7) is 2.04. The minimum Gasteiger partial charge on any atom is -0.289 e. The summed E-state index contributed by atoms with van der Waals surface area (Å²) in [5.74, 6) is 3.07. The van der Waals surface area contributed by atoms with Crippen molar-refractivity contribution in [3.8, 4) is 45.7 Å². The molecule has 0 heterocycles. The van der Waals surface area contributed by atoms with E-state index in [0.29, 0.717) is 11.1 Å². The van der Waals surface area contributed by atoms with E-state index >= 15 is 0 Å². The standard InChI is InChI=1S/C52H32O/c1-3-15-42-34(4-2)40-28-26-32(30-48(40)51(42)43-21-10-5-16-35(43)36-17-6-11-22-44(36)51)50(53)33-27-29-41-39-20-9-14-25-47(39)52(49(41)31-33)45-23-12-7-18-37(45)38-19-8-13-24-46(38)52/h2-3,5-31H,1H3. The van der Waals surface area contributed by atoms with E-state index in [1.165, 1.54) is 61.2 Å². The highest BCUT2D eigenvalue weighted by Gasteiger charge is 2.53. The van der Waals surface area contributed by atoms with Crippen molar-refractivity contribution in [2.24, 2.45) is 0 Å². The maximum Gasteiger partial charge on any atom is 0.193 e. The van der Waals surface area contributed by atoms with E-state index in [1.807, 2.05) is 19.1 Å². The van der Waals surface area contributed by atoms with Crippen LogP contribution >= 0.6 is 0 Å². The molecule has 4 aliphatic carbocycles. The zero-order valence-corrected chi connectivity index (χ0v) is 29.2. The molecule has 0 saturated heterocycles. The van der Waals surface area contributed by atoms with Crippen molar-refractivity contribution in [2.75, 3.05) is 0 Å². The zero-order chi connectivity index (χ0) is 35.5. The topological polar surface area (TPSA) is 17.1 Å². The third kappa shape index (κ3) is 3.51. The summed E-state index contributed by atoms with van der Waals surface area (Å²) < 4.78 is 0. The van der Waals surface area contributed by atoms with E-state index in [4.69, 9.17) is 6.42 Å². The third-order valence-electron chi connectivity index (χ3n) is 12.3. The Bertz CT molecular complexity index is 2780. The lowest BCUT2D eigenvalue weighted by atomic mass is 9.69. The zero-order valence-electron chi connectivity index (χ0n) is 29.2. The molecule has 0 saturated carbocycles. The van der Waals surface area contributed by atoms with E-state index in [-0.39, 0.29) is 5.78 Å². The molecule has 0 radical (unpaired) electrons. The van der Waals surface area contributed by atoms with Crippen molar-refractivity contribution in [1.82, 2.24) is 0 Å². The number of carbonyl (C=O) groups excluding carboxylic acids is 1. The summed E-state index contributed by atoms with van der Waals surface area (Å²) in [4.78, 5) is 15.0. The first-order chi connectivity index (χ1) is 26.1. The molecular formula is C52H32O. The number of carbonyl (C=O) groups is 1. The second kappa shape index (κ2) is 10.6. The van der Waals surface area contributed by atoms with Crippen LogP contribution < -0.4 is 0 Å². The van der Waals surface area contributed by atoms with E-state index < -0.39 is 10.8 Å². The van der Waals surface area contributed by atoms with Crippen LogP contribution in [0, 0.1) is 12.3 Å². The summed E-state index contributed by atoms with van der Waals surface area (Å²) in [5, 5.41) is 0. The number of allylic oxidation sites excluding steroid dienone is 4. The number of rotatable bonds is 3. The predicted octanol–water partition coefficient (Wildman–Crippen LogP) is 11.6. The van der Waals surface area contributed by atoms with Crippen LogP contribution in [-0.2, 0) is 10.8 Å². The molecule has 0 aromatic heterocycles. The van der Waals surface area contributed by atoms with Gasteiger partial charge in [-0.25, -0.2) is 0 Å². The normalized spacial score (nSPS) is 15.5. The number of fused-ring (bicyclic) bond motifs is 17. The van der Waals surface area contributed by atoms with Crippen LogP contribution in [0.4, 0.5) is 0 Å². The van der Waals surface area contributed by atoms with Crippen LogP contribution in [0.3, 0.4) is 0 Å². The van der Waals surface area contributed by atoms with Gasteiger partial charge in [-0.05, 0) is 103 Å². The van der Waals surface area contributed by atoms with E-state index in [0.717, 1.165) is 27.8 Å². The Kier molecular flexibility index (Phi) is 6.01. The van der Waals surface area contributed by atoms with Crippen molar-refractivity contribution in [2.45, 2.75) is 17.8 Å². The van der Waals surface area contributed by atoms with Gasteiger partial charge in [-0.15, -0.1) is 6.42 Å². The van der Waals surface area contributed by atoms with E-state index in [2.05, 4.69) is 164 Å². The van der Waals surface area contributed by atoms with Gasteiger partial charge in [-0.1, -0.05) is 164 Å². The van der Waals surface area contributed by atoms with Crippen LogP contribution in [0.25, 0.3) is 39.0 Å². The molecule has 246 valence electrons. The first-order valence-corrected chi connectivity index (χ1v) is 18.3. The molecule has 4 aliphatic rings. The Balaban J connectivity index is 1.13. The molecule has 53 heavy (non-hydrogen) atoms. The molecule has 0 aliphatic heterocycles. The molecule has 1 nitrogen and oxygen atoms in total. The minimum atomic E-state index is -0.631. The average Bonchev–Trinajstić information content (AvgIpc) is 3.89. The Morgan fingerprint density at radius 3 is 1.25 bits per heavy atom. The Labute approximate surface area is 309 Å². The first kappa shape index (κ1) is 29.9. The van der Waals surface area contributed by atoms with Gasteiger partial charge in [0, 0.05) is 16.7 Å². The van der Waals surface area contributed by atoms with Gasteiger partial charge in [0.1, 0.15) is 0 Å². The second-order valence-corrected chi connectivity index (χ2v) is 14.5. The van der Waals surface area contributed by atoms with Crippen molar-refractivity contribution < 1.29 is 4.79 Å². The second-order valence-electron chi connectivity index (χ2n) is 14.5. The van der Waals surface area contributed by atoms with Gasteiger partial charge in [0.2, 0.25) is 0 Å². The molecule has 0 N–H and O–H groups in total. The first-order valence-electron chi connectivity index (χ1n) is 18.3. The summed E-state index contributed by atoms with van der Waals surface area (Å²) in [5.41, 5.74) is 18.8. The molecule has 2 spiro atoms. The maximum absolute atomic E-state index is 15.0. The summed E-state index contributed by atoms with van der Waals surface area (Å²) in [6, 6.07) is 56.1. The lowest BCUT2D eigenvalue weighted by Crippen LogP contribution is -2.27. The molecule has 0 atom stereocenters. The fourth-order valence-corrected chi connectivity index (χ4v) is 10.4. The summed E-state index contributed by atoms with van der Waals surface area (Å²) in [6.07, 6.45) is 10.6. The minimum absolute atomic E-state index is 0.00210. The molecular weight excluding hydrogens is 641 g/mol. The molecule has 0 unspecified atom stereocenters. The highest BCUT2D eigenvalue weighted by atomic mass is 16.1. The van der Waals surface area contributed by atoms with Crippen LogP contribution in [0.15, 0.2) is 175 Å². The lowest BCUT2D eigenvalue weighted by Gasteiger charge is -2.31. The smallest absolute Gasteiger partial charge is 0.193 e. The van der Waals surface area contributed by atoms with Crippen LogP contribution in [-0.4, -0.2) is 5.78 Å². The summed E-state index contributed by atoms with van der Waals surface area (Å²) >= 11 is 0. The van der Waals surface area contributed by atoms with Gasteiger partial charge < -0.3 is 0 Å². The Morgan fingerprint density at radius 1 is 0.472 bits per heavy atom. The van der Waals surface area contributed by atoms with Gasteiger partial charge in [0.05, 0.1) is 10.8 Å². The van der Waals surface area contributed by atoms with Crippen LogP contribution in [0.5, 0.6) is 0 Å². The van der Waals surface area contributed by atoms with Crippen LogP contribution in [0.2, 0.25) is 0 Å². The molecule has 0 bridgehead atoms. The van der Waals surface area contributed by atoms with Crippen molar-refractivity contribution in [1.29, 1.82) is 0 Å². The van der Waals surface area contributed by atoms with E-state index in [1.54, 1.807) is 0 Å². The predicted molar refractivity (Wildman–Crippen MR) is 215 cm³/mol. The van der Waals surface area contributed by atoms with Crippen molar-refractivity contribution >= 4 is 11.4 Å². The molecule has 11 rings (SSSR count). The van der Waals surface area contributed by atoms with E-state index in [9.17, 15) is 4.79 Å². The lowest BCUT2D eigenvalue weighted by molar-refractivity contribution is 0.103. The molecule has 7 aromatic carbocycles. The van der Waals surface area contributed by atoms with Gasteiger partial charge in [-0.2, -0.15) is 0 Å². The molecule has 1 heteroatoms. The molecule has 0 amide bonds. The fourth-order valence-electron chi connectivity index (χ4n) is 10.4. The summed E-state index contributed by atoms with van der Waals surface area (Å²) in [7, 11) is 0. The monoisotopic (exact) mass is 672 g/mol. The largest absolute Gasteiger partial charge is 0.289 e. The number of benzene rings is 7. The average molecular weight is 673 g/mol. The van der Waals surface area contributed by atoms with Gasteiger partial charge in [-0.3, -0.25) is 4.79 Å². The number of terminal acetylenes is 1. The SMILES string of the molecule is C#CC1=C(C=CC)C2(c3cc(C(=O)c4ccc5c(c4)C4(c6ccccc6-c6ccccc64)c4ccccc4-5)ccc31)c1ccccc1-c1ccccc12. The Hall–Kier alpha value is -6.75. The third-order valence-corrected chi connectivity index (χ3v) is 12.3. The van der Waals surface area contributed by atoms with Crippen molar-refractivity contribution in [3.05, 3.63) is 231 Å². The number of ketones is 1. The maximum atomic E-state index is 15.0. The Morgan fingerprint density at radius 2 is 0.830 bits per heavy atom. The molecule has 0 fully saturated rings. The molecule has 7 aromatic rings. The fraction of sp³-hybridized carbons (Fsp3) is 0.0577. The number of hydrogen-bond donors (Lipinski definition) is 0. The van der Waals surface area contributed by atoms with Crippen LogP contribution in [0.1, 0.15) is 67.4 Å². The highest BCUT2D eigenvalue weighted by Crippen LogP contribution is 2.64. The highest BCUT2D eigenvalue weighted by molar-refractivity contribution is 6.11. The van der Waals surface area contributed by atoms with Gasteiger partial charge >= 0.3 is 0 Å². The van der Waals surface area contributed by atoms with Gasteiger partial charge in [0.15, 0.2) is 5.78 Å². The quantitative estimate of drug-likeness (QED) is 0.135.